The summed E-state index contributed by atoms with van der Waals surface area (Å²) >= 11 is 6.53. The molecule has 0 amide bonds. The molecule has 0 rings (SSSR count). The summed E-state index contributed by atoms with van der Waals surface area (Å²) in [6.45, 7) is 1.98. The molecule has 0 bridgehead atoms. The molecule has 0 aromatic heterocycles. The first-order valence-corrected chi connectivity index (χ1v) is 3.51. The van der Waals surface area contributed by atoms with Gasteiger partial charge in [-0.1, -0.05) is 12.1 Å². The maximum Gasteiger partial charge on any atom is 0.322 e. The Balaban J connectivity index is 3.03. The molecule has 0 saturated heterocycles. The van der Waals surface area contributed by atoms with E-state index < -0.39 is 0 Å². The predicted molar refractivity (Wildman–Crippen MR) is 38.4 cm³/mol. The van der Waals surface area contributed by atoms with E-state index in [9.17, 15) is 0 Å². The van der Waals surface area contributed by atoms with Gasteiger partial charge in [0.1, 0.15) is 0 Å². The van der Waals surface area contributed by atoms with Crippen molar-refractivity contribution in [3.05, 3.63) is 12.1 Å². The molecule has 6 heavy (non-hydrogen) atoms. The summed E-state index contributed by atoms with van der Waals surface area (Å²) in [5, 5.41) is 0. The summed E-state index contributed by atoms with van der Waals surface area (Å²) in [5.74, 6) is 2.00. The van der Waals surface area contributed by atoms with Crippen molar-refractivity contribution >= 4 is 35.9 Å². The molecule has 0 heterocycles. The van der Waals surface area contributed by atoms with Gasteiger partial charge >= 0.3 is 4.36 Å². The lowest BCUT2D eigenvalue weighted by Crippen LogP contribution is -1.78. The molecule has 0 aliphatic rings. The first-order chi connectivity index (χ1) is 2.77. The number of rotatable bonds is 1. The van der Waals surface area contributed by atoms with Crippen molar-refractivity contribution in [1.29, 1.82) is 0 Å². The second kappa shape index (κ2) is 3.94. The van der Waals surface area contributed by atoms with E-state index >= 15 is 0 Å². The largest absolute Gasteiger partial charge is 0.322 e. The topological polar surface area (TPSA) is 0 Å². The van der Waals surface area contributed by atoms with Crippen LogP contribution in [0.1, 0.15) is 6.92 Å². The van der Waals surface area contributed by atoms with Crippen LogP contribution in [0.3, 0.4) is 0 Å². The minimum atomic E-state index is 0.343. The van der Waals surface area contributed by atoms with Gasteiger partial charge in [-0.2, -0.15) is 0 Å². The average Bonchev–Trinajstić information content (AvgIpc) is 1.35. The lowest BCUT2D eigenvalue weighted by molar-refractivity contribution is 1.78. The highest BCUT2D eigenvalue weighted by Gasteiger charge is 1.91. The van der Waals surface area contributed by atoms with Crippen LogP contribution in [0.2, 0.25) is 0 Å². The molecule has 0 nitrogen and oxygen atoms in total. The van der Waals surface area contributed by atoms with E-state index in [0.29, 0.717) is 4.36 Å². The molecule has 0 aliphatic heterocycles. The Morgan fingerprint density at radius 2 is 2.00 bits per heavy atom. The van der Waals surface area contributed by atoms with Crippen LogP contribution < -0.4 is 0 Å². The van der Waals surface area contributed by atoms with E-state index in [1.807, 2.05) is 19.0 Å². The highest BCUT2D eigenvalue weighted by molar-refractivity contribution is 9.49. The van der Waals surface area contributed by atoms with Crippen LogP contribution in [-0.2, 0) is 0 Å². The molecule has 0 N–H and O–H groups in total. The average molecular weight is 212 g/mol. The van der Waals surface area contributed by atoms with Crippen LogP contribution in [0.25, 0.3) is 0 Å². The number of halogens is 2. The second-order valence-electron chi connectivity index (χ2n) is 0.860. The summed E-state index contributed by atoms with van der Waals surface area (Å²) in [6, 6.07) is 0. The number of allylic oxidation sites excluding steroid dienone is 1. The predicted octanol–water partition coefficient (Wildman–Crippen LogP) is 2.38. The van der Waals surface area contributed by atoms with Gasteiger partial charge in [0.2, 0.25) is 0 Å². The van der Waals surface area contributed by atoms with Crippen molar-refractivity contribution in [2.75, 3.05) is 0 Å². The molecule has 0 unspecified atom stereocenters. The minimum Gasteiger partial charge on any atom is -0.133 e. The van der Waals surface area contributed by atoms with Crippen LogP contribution in [0.15, 0.2) is 12.1 Å². The van der Waals surface area contributed by atoms with Crippen molar-refractivity contribution in [3.8, 4) is 0 Å². The van der Waals surface area contributed by atoms with E-state index in [0.717, 1.165) is 0 Å². The Morgan fingerprint density at radius 3 is 2.00 bits per heavy atom. The molecular weight excluding hydrogens is 207 g/mol. The quantitative estimate of drug-likeness (QED) is 0.585. The highest BCUT2D eigenvalue weighted by atomic mass is 79.9. The van der Waals surface area contributed by atoms with Crippen LogP contribution in [0, 0.1) is 0 Å². The van der Waals surface area contributed by atoms with E-state index in [1.165, 1.54) is 0 Å². The maximum absolute atomic E-state index is 3.26. The van der Waals surface area contributed by atoms with Gasteiger partial charge in [0.25, 0.3) is 0 Å². The molecule has 0 aliphatic carbocycles. The molecule has 3 heteroatoms. The van der Waals surface area contributed by atoms with Gasteiger partial charge in [0.05, 0.1) is 0 Å². The zero-order chi connectivity index (χ0) is 4.99. The highest BCUT2D eigenvalue weighted by Crippen LogP contribution is 2.01. The standard InChI is InChI=1S/C3H5BBr2/c1-2-3-4(5)6/h2-3H,1H3. The smallest absolute Gasteiger partial charge is 0.133 e. The van der Waals surface area contributed by atoms with Gasteiger partial charge in [-0.25, -0.2) is 0 Å². The molecule has 0 spiro atoms. The Kier molecular flexibility index (Phi) is 4.44. The van der Waals surface area contributed by atoms with Crippen LogP contribution in [0.4, 0.5) is 0 Å². The fraction of sp³-hybridized carbons (Fsp3) is 0.333. The Morgan fingerprint density at radius 1 is 1.50 bits per heavy atom. The summed E-state index contributed by atoms with van der Waals surface area (Å²) in [6.07, 6.45) is 1.98. The van der Waals surface area contributed by atoms with Gasteiger partial charge in [-0.15, -0.1) is 31.5 Å². The summed E-state index contributed by atoms with van der Waals surface area (Å²) in [4.78, 5) is 0. The summed E-state index contributed by atoms with van der Waals surface area (Å²) < 4.78 is 0.343. The van der Waals surface area contributed by atoms with Gasteiger partial charge in [0, 0.05) is 0 Å². The van der Waals surface area contributed by atoms with E-state index in [1.54, 1.807) is 0 Å². The Labute approximate surface area is 55.0 Å². The molecule has 0 radical (unpaired) electrons. The Bertz CT molecular complexity index is 50.8. The van der Waals surface area contributed by atoms with Crippen molar-refractivity contribution in [2.45, 2.75) is 6.92 Å². The van der Waals surface area contributed by atoms with Crippen molar-refractivity contribution in [3.63, 3.8) is 0 Å². The van der Waals surface area contributed by atoms with Crippen LogP contribution >= 0.6 is 31.5 Å². The first kappa shape index (κ1) is 6.76. The molecule has 0 aromatic carbocycles. The monoisotopic (exact) mass is 210 g/mol. The lowest BCUT2D eigenvalue weighted by atomic mass is 10.1. The van der Waals surface area contributed by atoms with Crippen LogP contribution in [-0.4, -0.2) is 4.36 Å². The van der Waals surface area contributed by atoms with Crippen molar-refractivity contribution in [1.82, 2.24) is 0 Å². The second-order valence-corrected chi connectivity index (χ2v) is 4.06. The molecule has 34 valence electrons. The number of hydrogen-bond acceptors (Lipinski definition) is 0. The molecule has 0 fully saturated rings. The third kappa shape index (κ3) is 4.76. The minimum absolute atomic E-state index is 0.343. The molecular formula is C3H5BBr2. The van der Waals surface area contributed by atoms with Crippen molar-refractivity contribution < 1.29 is 0 Å². The fourth-order valence-electron chi connectivity index (χ4n) is 0.145. The SMILES string of the molecule is CC=CB(Br)Br. The molecule has 0 atom stereocenters. The lowest BCUT2D eigenvalue weighted by Gasteiger charge is -1.75. The molecule has 0 aromatic rings. The number of hydrogen-bond donors (Lipinski definition) is 0. The van der Waals surface area contributed by atoms with Gasteiger partial charge < -0.3 is 0 Å². The van der Waals surface area contributed by atoms with E-state index in [2.05, 4.69) is 31.5 Å². The summed E-state index contributed by atoms with van der Waals surface area (Å²) in [7, 11) is 0. The maximum atomic E-state index is 3.26. The third-order valence-corrected chi connectivity index (χ3v) is 0.948. The van der Waals surface area contributed by atoms with Gasteiger partial charge in [-0.3, -0.25) is 0 Å². The third-order valence-electron chi connectivity index (χ3n) is 0.338. The van der Waals surface area contributed by atoms with Crippen LogP contribution in [0.5, 0.6) is 0 Å². The summed E-state index contributed by atoms with van der Waals surface area (Å²) in [5.41, 5.74) is 0. The molecule has 0 saturated carbocycles. The normalized spacial score (nSPS) is 9.83. The van der Waals surface area contributed by atoms with Gasteiger partial charge in [0.15, 0.2) is 0 Å². The zero-order valence-electron chi connectivity index (χ0n) is 3.49. The van der Waals surface area contributed by atoms with E-state index in [4.69, 9.17) is 0 Å². The van der Waals surface area contributed by atoms with Gasteiger partial charge in [-0.05, 0) is 6.92 Å². The zero-order valence-corrected chi connectivity index (χ0v) is 6.66. The van der Waals surface area contributed by atoms with Crippen molar-refractivity contribution in [2.24, 2.45) is 0 Å². The van der Waals surface area contributed by atoms with E-state index in [-0.39, 0.29) is 0 Å². The first-order valence-electron chi connectivity index (χ1n) is 1.68. The Hall–Kier alpha value is 0.765. The fourth-order valence-corrected chi connectivity index (χ4v) is 0.756.